The van der Waals surface area contributed by atoms with Crippen molar-refractivity contribution >= 4 is 17.7 Å². The maximum atomic E-state index is 11.5. The molecule has 0 radical (unpaired) electrons. The van der Waals surface area contributed by atoms with Gasteiger partial charge >= 0.3 is 5.97 Å². The quantitative estimate of drug-likeness (QED) is 0.940. The van der Waals surface area contributed by atoms with Crippen LogP contribution in [0.2, 0.25) is 0 Å². The maximum Gasteiger partial charge on any atom is 0.320 e. The van der Waals surface area contributed by atoms with Crippen LogP contribution in [-0.4, -0.2) is 31.4 Å². The minimum atomic E-state index is -0.714. The molecule has 0 saturated carbocycles. The molecule has 1 aromatic heterocycles. The SMILES string of the molecule is O=C(O)C1(Cc2ccn(-c3ccccc3)n2)CCCS1. The van der Waals surface area contributed by atoms with Gasteiger partial charge < -0.3 is 5.11 Å². The van der Waals surface area contributed by atoms with Gasteiger partial charge in [0.05, 0.1) is 11.4 Å². The Morgan fingerprint density at radius 2 is 2.15 bits per heavy atom. The molecule has 0 bridgehead atoms. The molecular weight excluding hydrogens is 272 g/mol. The predicted molar refractivity (Wildman–Crippen MR) is 79.3 cm³/mol. The number of aliphatic carboxylic acids is 1. The Morgan fingerprint density at radius 1 is 1.35 bits per heavy atom. The second-order valence-electron chi connectivity index (χ2n) is 5.02. The molecule has 0 aliphatic carbocycles. The average Bonchev–Trinajstić information content (AvgIpc) is 3.10. The first-order valence-electron chi connectivity index (χ1n) is 6.67. The number of nitrogens with zero attached hydrogens (tertiary/aromatic N) is 2. The zero-order chi connectivity index (χ0) is 14.0. The van der Waals surface area contributed by atoms with Gasteiger partial charge in [-0.25, -0.2) is 4.68 Å². The fraction of sp³-hybridized carbons (Fsp3) is 0.333. The smallest absolute Gasteiger partial charge is 0.320 e. The van der Waals surface area contributed by atoms with Gasteiger partial charge in [0, 0.05) is 12.6 Å². The number of carbonyl (C=O) groups is 1. The van der Waals surface area contributed by atoms with E-state index in [0.29, 0.717) is 6.42 Å². The highest BCUT2D eigenvalue weighted by atomic mass is 32.2. The number of carboxylic acid groups (broad SMARTS) is 1. The maximum absolute atomic E-state index is 11.5. The van der Waals surface area contributed by atoms with E-state index in [1.165, 1.54) is 0 Å². The molecule has 20 heavy (non-hydrogen) atoms. The van der Waals surface area contributed by atoms with Crippen molar-refractivity contribution in [2.75, 3.05) is 5.75 Å². The van der Waals surface area contributed by atoms with E-state index in [0.717, 1.165) is 30.0 Å². The summed E-state index contributed by atoms with van der Waals surface area (Å²) in [6.07, 6.45) is 4.08. The van der Waals surface area contributed by atoms with E-state index in [2.05, 4.69) is 5.10 Å². The average molecular weight is 288 g/mol. The predicted octanol–water partition coefficient (Wildman–Crippen LogP) is 2.77. The van der Waals surface area contributed by atoms with Crippen LogP contribution in [0.5, 0.6) is 0 Å². The van der Waals surface area contributed by atoms with Crippen LogP contribution in [0.15, 0.2) is 42.6 Å². The van der Waals surface area contributed by atoms with Gasteiger partial charge in [-0.05, 0) is 36.8 Å². The largest absolute Gasteiger partial charge is 0.480 e. The molecule has 104 valence electrons. The Kier molecular flexibility index (Phi) is 3.53. The summed E-state index contributed by atoms with van der Waals surface area (Å²) in [6.45, 7) is 0. The first-order chi connectivity index (χ1) is 9.70. The van der Waals surface area contributed by atoms with E-state index in [4.69, 9.17) is 0 Å². The third-order valence-corrected chi connectivity index (χ3v) is 5.19. The normalized spacial score (nSPS) is 22.0. The topological polar surface area (TPSA) is 55.1 Å². The number of aromatic nitrogens is 2. The van der Waals surface area contributed by atoms with Crippen molar-refractivity contribution in [3.8, 4) is 5.69 Å². The van der Waals surface area contributed by atoms with Crippen molar-refractivity contribution in [3.63, 3.8) is 0 Å². The van der Waals surface area contributed by atoms with Crippen LogP contribution in [0.4, 0.5) is 0 Å². The molecule has 1 fully saturated rings. The standard InChI is InChI=1S/C15H16N2O2S/c18-14(19)15(8-4-10-20-15)11-12-7-9-17(16-12)13-5-2-1-3-6-13/h1-3,5-7,9H,4,8,10-11H2,(H,18,19). The zero-order valence-electron chi connectivity index (χ0n) is 11.0. The molecule has 0 amide bonds. The van der Waals surface area contributed by atoms with Gasteiger partial charge in [-0.15, -0.1) is 11.8 Å². The van der Waals surface area contributed by atoms with Crippen molar-refractivity contribution in [3.05, 3.63) is 48.3 Å². The molecule has 1 aliphatic heterocycles. The van der Waals surface area contributed by atoms with Crippen molar-refractivity contribution in [2.24, 2.45) is 0 Å². The first kappa shape index (κ1) is 13.2. The van der Waals surface area contributed by atoms with Crippen LogP contribution >= 0.6 is 11.8 Å². The van der Waals surface area contributed by atoms with Crippen molar-refractivity contribution < 1.29 is 9.90 Å². The van der Waals surface area contributed by atoms with Gasteiger partial charge in [0.1, 0.15) is 4.75 Å². The zero-order valence-corrected chi connectivity index (χ0v) is 11.8. The summed E-state index contributed by atoms with van der Waals surface area (Å²) in [6, 6.07) is 11.8. The van der Waals surface area contributed by atoms with Gasteiger partial charge in [-0.1, -0.05) is 18.2 Å². The summed E-state index contributed by atoms with van der Waals surface area (Å²) in [5, 5.41) is 14.0. The van der Waals surface area contributed by atoms with E-state index < -0.39 is 10.7 Å². The molecule has 2 heterocycles. The second-order valence-corrected chi connectivity index (χ2v) is 6.49. The molecule has 1 atom stereocenters. The Hall–Kier alpha value is -1.75. The van der Waals surface area contributed by atoms with Gasteiger partial charge in [-0.2, -0.15) is 5.10 Å². The highest BCUT2D eigenvalue weighted by Crippen LogP contribution is 2.40. The van der Waals surface area contributed by atoms with E-state index in [1.807, 2.05) is 42.6 Å². The molecule has 0 spiro atoms. The highest BCUT2D eigenvalue weighted by molar-refractivity contribution is 8.01. The molecule has 1 unspecified atom stereocenters. The van der Waals surface area contributed by atoms with Crippen LogP contribution in [-0.2, 0) is 11.2 Å². The summed E-state index contributed by atoms with van der Waals surface area (Å²) >= 11 is 1.55. The lowest BCUT2D eigenvalue weighted by molar-refractivity contribution is -0.139. The molecule has 1 saturated heterocycles. The van der Waals surface area contributed by atoms with Crippen LogP contribution in [0, 0.1) is 0 Å². The van der Waals surface area contributed by atoms with Crippen LogP contribution in [0.3, 0.4) is 0 Å². The summed E-state index contributed by atoms with van der Waals surface area (Å²) < 4.78 is 1.11. The molecule has 1 aliphatic rings. The fourth-order valence-electron chi connectivity index (χ4n) is 2.55. The molecular formula is C15H16N2O2S. The lowest BCUT2D eigenvalue weighted by Gasteiger charge is -2.21. The second kappa shape index (κ2) is 5.32. The summed E-state index contributed by atoms with van der Waals surface area (Å²) in [4.78, 5) is 11.5. The molecule has 3 rings (SSSR count). The number of hydrogen-bond acceptors (Lipinski definition) is 3. The summed E-state index contributed by atoms with van der Waals surface area (Å²) in [5.74, 6) is 0.209. The Morgan fingerprint density at radius 3 is 2.80 bits per heavy atom. The Labute approximate surface area is 121 Å². The van der Waals surface area contributed by atoms with E-state index in [9.17, 15) is 9.90 Å². The molecule has 1 aromatic carbocycles. The number of rotatable bonds is 4. The van der Waals surface area contributed by atoms with E-state index in [1.54, 1.807) is 16.4 Å². The van der Waals surface area contributed by atoms with Gasteiger partial charge in [0.15, 0.2) is 0 Å². The lowest BCUT2D eigenvalue weighted by Crippen LogP contribution is -2.35. The van der Waals surface area contributed by atoms with E-state index in [-0.39, 0.29) is 0 Å². The minimum Gasteiger partial charge on any atom is -0.480 e. The molecule has 5 heteroatoms. The molecule has 1 N–H and O–H groups in total. The third-order valence-electron chi connectivity index (χ3n) is 3.62. The Bertz CT molecular complexity index is 603. The molecule has 2 aromatic rings. The summed E-state index contributed by atoms with van der Waals surface area (Å²) in [7, 11) is 0. The van der Waals surface area contributed by atoms with Gasteiger partial charge in [0.2, 0.25) is 0 Å². The number of thioether (sulfide) groups is 1. The lowest BCUT2D eigenvalue weighted by atomic mass is 9.97. The number of hydrogen-bond donors (Lipinski definition) is 1. The molecule has 4 nitrogen and oxygen atoms in total. The minimum absolute atomic E-state index is 0.493. The van der Waals surface area contributed by atoms with Crippen molar-refractivity contribution in [1.29, 1.82) is 0 Å². The number of benzene rings is 1. The first-order valence-corrected chi connectivity index (χ1v) is 7.65. The van der Waals surface area contributed by atoms with Crippen molar-refractivity contribution in [1.82, 2.24) is 9.78 Å². The number of para-hydroxylation sites is 1. The van der Waals surface area contributed by atoms with Crippen LogP contribution in [0.1, 0.15) is 18.5 Å². The van der Waals surface area contributed by atoms with Gasteiger partial charge in [0.25, 0.3) is 0 Å². The third kappa shape index (κ3) is 2.45. The summed E-state index contributed by atoms with van der Waals surface area (Å²) in [5.41, 5.74) is 1.83. The monoisotopic (exact) mass is 288 g/mol. The highest BCUT2D eigenvalue weighted by Gasteiger charge is 2.42. The fourth-order valence-corrected chi connectivity index (χ4v) is 3.90. The number of carboxylic acids is 1. The van der Waals surface area contributed by atoms with E-state index >= 15 is 0 Å². The van der Waals surface area contributed by atoms with Crippen LogP contribution < -0.4 is 0 Å². The Balaban J connectivity index is 1.82. The van der Waals surface area contributed by atoms with Gasteiger partial charge in [-0.3, -0.25) is 4.79 Å². The van der Waals surface area contributed by atoms with Crippen molar-refractivity contribution in [2.45, 2.75) is 24.0 Å². The van der Waals surface area contributed by atoms with Crippen LogP contribution in [0.25, 0.3) is 5.69 Å².